The fourth-order valence-electron chi connectivity index (χ4n) is 1.47. The van der Waals surface area contributed by atoms with Crippen LogP contribution in [0.25, 0.3) is 0 Å². The lowest BCUT2D eigenvalue weighted by Gasteiger charge is -2.12. The van der Waals surface area contributed by atoms with Crippen LogP contribution in [-0.2, 0) is 4.74 Å². The zero-order valence-electron chi connectivity index (χ0n) is 11.0. The molecule has 0 aromatic heterocycles. The SMILES string of the molecule is C=C(C)COCCNCC(O)c1ccc(F)c(F)c1. The maximum atomic E-state index is 13.0. The van der Waals surface area contributed by atoms with Gasteiger partial charge in [-0.2, -0.15) is 0 Å². The number of rotatable bonds is 8. The maximum absolute atomic E-state index is 13.0. The second-order valence-corrected chi connectivity index (χ2v) is 4.40. The van der Waals surface area contributed by atoms with Crippen LogP contribution < -0.4 is 5.32 Å². The summed E-state index contributed by atoms with van der Waals surface area (Å²) in [6.07, 6.45) is -0.878. The molecule has 2 N–H and O–H groups in total. The molecule has 0 saturated heterocycles. The summed E-state index contributed by atoms with van der Waals surface area (Å²) in [6, 6.07) is 3.37. The predicted molar refractivity (Wildman–Crippen MR) is 69.8 cm³/mol. The Morgan fingerprint density at radius 1 is 1.42 bits per heavy atom. The van der Waals surface area contributed by atoms with E-state index in [0.29, 0.717) is 25.3 Å². The Bertz CT molecular complexity index is 424. The molecule has 106 valence electrons. The molecule has 0 radical (unpaired) electrons. The molecule has 1 atom stereocenters. The Hall–Kier alpha value is -1.30. The number of benzene rings is 1. The fraction of sp³-hybridized carbons (Fsp3) is 0.429. The van der Waals surface area contributed by atoms with Crippen molar-refractivity contribution >= 4 is 0 Å². The van der Waals surface area contributed by atoms with Gasteiger partial charge in [0.15, 0.2) is 11.6 Å². The molecule has 1 rings (SSSR count). The maximum Gasteiger partial charge on any atom is 0.159 e. The van der Waals surface area contributed by atoms with Gasteiger partial charge in [-0.05, 0) is 24.6 Å². The monoisotopic (exact) mass is 271 g/mol. The number of halogens is 2. The van der Waals surface area contributed by atoms with Gasteiger partial charge >= 0.3 is 0 Å². The highest BCUT2D eigenvalue weighted by atomic mass is 19.2. The zero-order valence-corrected chi connectivity index (χ0v) is 11.0. The third-order valence-electron chi connectivity index (χ3n) is 2.44. The van der Waals surface area contributed by atoms with Crippen molar-refractivity contribution in [1.29, 1.82) is 0 Å². The van der Waals surface area contributed by atoms with Gasteiger partial charge in [-0.25, -0.2) is 8.78 Å². The van der Waals surface area contributed by atoms with Crippen LogP contribution in [0.5, 0.6) is 0 Å². The number of ether oxygens (including phenoxy) is 1. The molecule has 5 heteroatoms. The molecule has 1 aromatic carbocycles. The van der Waals surface area contributed by atoms with Crippen molar-refractivity contribution in [3.05, 3.63) is 47.5 Å². The van der Waals surface area contributed by atoms with Gasteiger partial charge in [0.2, 0.25) is 0 Å². The molecule has 0 bridgehead atoms. The topological polar surface area (TPSA) is 41.5 Å². The highest BCUT2D eigenvalue weighted by Gasteiger charge is 2.10. The van der Waals surface area contributed by atoms with E-state index in [0.717, 1.165) is 17.7 Å². The van der Waals surface area contributed by atoms with Gasteiger partial charge in [0, 0.05) is 13.1 Å². The summed E-state index contributed by atoms with van der Waals surface area (Å²) in [5, 5.41) is 12.7. The Balaban J connectivity index is 2.25. The Morgan fingerprint density at radius 2 is 2.16 bits per heavy atom. The first kappa shape index (κ1) is 15.8. The number of aliphatic hydroxyl groups excluding tert-OH is 1. The quantitative estimate of drug-likeness (QED) is 0.562. The number of nitrogens with one attached hydrogen (secondary N) is 1. The van der Waals surface area contributed by atoms with Gasteiger partial charge in [-0.3, -0.25) is 0 Å². The van der Waals surface area contributed by atoms with Crippen molar-refractivity contribution in [2.24, 2.45) is 0 Å². The molecule has 0 fully saturated rings. The molecular weight excluding hydrogens is 252 g/mol. The normalized spacial score (nSPS) is 12.4. The molecular formula is C14H19F2NO2. The summed E-state index contributed by atoms with van der Waals surface area (Å²) in [4.78, 5) is 0. The van der Waals surface area contributed by atoms with Gasteiger partial charge in [0.25, 0.3) is 0 Å². The molecule has 19 heavy (non-hydrogen) atoms. The summed E-state index contributed by atoms with van der Waals surface area (Å²) >= 11 is 0. The largest absolute Gasteiger partial charge is 0.387 e. The van der Waals surface area contributed by atoms with E-state index in [9.17, 15) is 13.9 Å². The number of hydrogen-bond acceptors (Lipinski definition) is 3. The summed E-state index contributed by atoms with van der Waals surface area (Å²) < 4.78 is 31.0. The smallest absolute Gasteiger partial charge is 0.159 e. The molecule has 0 saturated carbocycles. The number of aliphatic hydroxyl groups is 1. The van der Waals surface area contributed by atoms with Crippen LogP contribution >= 0.6 is 0 Å². The van der Waals surface area contributed by atoms with Crippen LogP contribution in [0.1, 0.15) is 18.6 Å². The summed E-state index contributed by atoms with van der Waals surface area (Å²) in [5.74, 6) is -1.88. The van der Waals surface area contributed by atoms with E-state index >= 15 is 0 Å². The van der Waals surface area contributed by atoms with E-state index in [1.807, 2.05) is 6.92 Å². The lowest BCUT2D eigenvalue weighted by molar-refractivity contribution is 0.143. The standard InChI is InChI=1S/C14H19F2NO2/c1-10(2)9-19-6-5-17-8-14(18)11-3-4-12(15)13(16)7-11/h3-4,7,14,17-18H,1,5-6,8-9H2,2H3. The van der Waals surface area contributed by atoms with Crippen LogP contribution in [0.4, 0.5) is 8.78 Å². The second-order valence-electron chi connectivity index (χ2n) is 4.40. The molecule has 1 aromatic rings. The van der Waals surface area contributed by atoms with Gasteiger partial charge in [0.05, 0.1) is 19.3 Å². The van der Waals surface area contributed by atoms with E-state index in [1.54, 1.807) is 0 Å². The second kappa shape index (κ2) is 7.99. The molecule has 3 nitrogen and oxygen atoms in total. The van der Waals surface area contributed by atoms with Gasteiger partial charge < -0.3 is 15.2 Å². The van der Waals surface area contributed by atoms with E-state index in [2.05, 4.69) is 11.9 Å². The first-order valence-corrected chi connectivity index (χ1v) is 6.06. The van der Waals surface area contributed by atoms with Crippen molar-refractivity contribution in [3.8, 4) is 0 Å². The molecule has 0 aliphatic heterocycles. The van der Waals surface area contributed by atoms with E-state index < -0.39 is 17.7 Å². The van der Waals surface area contributed by atoms with Crippen LogP contribution in [0.15, 0.2) is 30.4 Å². The summed E-state index contributed by atoms with van der Waals surface area (Å²) in [5.41, 5.74) is 1.29. The lowest BCUT2D eigenvalue weighted by atomic mass is 10.1. The van der Waals surface area contributed by atoms with Crippen molar-refractivity contribution in [3.63, 3.8) is 0 Å². The summed E-state index contributed by atoms with van der Waals surface area (Å²) in [6.45, 7) is 7.40. The first-order chi connectivity index (χ1) is 9.00. The van der Waals surface area contributed by atoms with Crippen molar-refractivity contribution in [2.75, 3.05) is 26.3 Å². The Labute approximate surface area is 111 Å². The molecule has 0 spiro atoms. The van der Waals surface area contributed by atoms with Crippen LogP contribution in [0, 0.1) is 11.6 Å². The highest BCUT2D eigenvalue weighted by Crippen LogP contribution is 2.15. The molecule has 0 amide bonds. The highest BCUT2D eigenvalue weighted by molar-refractivity contribution is 5.20. The van der Waals surface area contributed by atoms with E-state index in [-0.39, 0.29) is 6.54 Å². The van der Waals surface area contributed by atoms with Crippen LogP contribution in [0.2, 0.25) is 0 Å². The van der Waals surface area contributed by atoms with Crippen LogP contribution in [-0.4, -0.2) is 31.4 Å². The van der Waals surface area contributed by atoms with Crippen molar-refractivity contribution in [2.45, 2.75) is 13.0 Å². The first-order valence-electron chi connectivity index (χ1n) is 6.06. The molecule has 0 heterocycles. The zero-order chi connectivity index (χ0) is 14.3. The minimum atomic E-state index is -0.957. The lowest BCUT2D eigenvalue weighted by Crippen LogP contribution is -2.25. The average molecular weight is 271 g/mol. The van der Waals surface area contributed by atoms with Gasteiger partial charge in [0.1, 0.15) is 0 Å². The average Bonchev–Trinajstić information content (AvgIpc) is 2.36. The van der Waals surface area contributed by atoms with Crippen molar-refractivity contribution < 1.29 is 18.6 Å². The van der Waals surface area contributed by atoms with Gasteiger partial charge in [-0.15, -0.1) is 0 Å². The number of hydrogen-bond donors (Lipinski definition) is 2. The van der Waals surface area contributed by atoms with Gasteiger partial charge in [-0.1, -0.05) is 18.2 Å². The predicted octanol–water partition coefficient (Wildman–Crippen LogP) is 2.18. The Kier molecular flexibility index (Phi) is 6.62. The van der Waals surface area contributed by atoms with Crippen molar-refractivity contribution in [1.82, 2.24) is 5.32 Å². The summed E-state index contributed by atoms with van der Waals surface area (Å²) in [7, 11) is 0. The molecule has 1 unspecified atom stereocenters. The molecule has 0 aliphatic rings. The minimum Gasteiger partial charge on any atom is -0.387 e. The minimum absolute atomic E-state index is 0.251. The van der Waals surface area contributed by atoms with E-state index in [1.165, 1.54) is 6.07 Å². The van der Waals surface area contributed by atoms with E-state index in [4.69, 9.17) is 4.74 Å². The fourth-order valence-corrected chi connectivity index (χ4v) is 1.47. The molecule has 0 aliphatic carbocycles. The third-order valence-corrected chi connectivity index (χ3v) is 2.44. The van der Waals surface area contributed by atoms with Crippen LogP contribution in [0.3, 0.4) is 0 Å². The Morgan fingerprint density at radius 3 is 2.79 bits per heavy atom. The third kappa shape index (κ3) is 5.92.